The third kappa shape index (κ3) is 2.88. The van der Waals surface area contributed by atoms with Crippen LogP contribution in [-0.2, 0) is 6.42 Å². The summed E-state index contributed by atoms with van der Waals surface area (Å²) in [6.07, 6.45) is 7.71. The first kappa shape index (κ1) is 15.4. The number of thiazole rings is 1. The molecule has 5 atom stereocenters. The second-order valence-corrected chi connectivity index (χ2v) is 8.94. The number of aromatic nitrogens is 1. The van der Waals surface area contributed by atoms with Crippen LogP contribution in [-0.4, -0.2) is 23.6 Å². The van der Waals surface area contributed by atoms with Crippen LogP contribution in [0.25, 0.3) is 0 Å². The number of carbonyl (C=O) groups is 1. The van der Waals surface area contributed by atoms with E-state index in [1.165, 1.54) is 37.0 Å². The van der Waals surface area contributed by atoms with E-state index >= 15 is 0 Å². The number of nitrogens with one attached hydrogen (secondary N) is 2. The number of nitrogens with zero attached hydrogens (tertiary/aromatic N) is 1. The van der Waals surface area contributed by atoms with Gasteiger partial charge in [-0.25, -0.2) is 9.78 Å². The molecule has 3 aliphatic rings. The summed E-state index contributed by atoms with van der Waals surface area (Å²) < 4.78 is 0. The number of amides is 2. The smallest absolute Gasteiger partial charge is 0.315 e. The lowest BCUT2D eigenvalue weighted by Gasteiger charge is -2.32. The minimum Gasteiger partial charge on any atom is -0.338 e. The number of fused-ring (bicyclic) bond motifs is 5. The van der Waals surface area contributed by atoms with Crippen molar-refractivity contribution in [3.63, 3.8) is 0 Å². The molecule has 0 aromatic carbocycles. The lowest BCUT2D eigenvalue weighted by Crippen LogP contribution is -2.47. The van der Waals surface area contributed by atoms with E-state index < -0.39 is 0 Å². The molecular weight excluding hydrogens is 306 g/mol. The normalized spacial score (nSPS) is 34.6. The second kappa shape index (κ2) is 6.08. The Morgan fingerprint density at radius 2 is 2.04 bits per heavy atom. The minimum absolute atomic E-state index is 0.0241. The summed E-state index contributed by atoms with van der Waals surface area (Å²) in [6.45, 7) is 4.78. The monoisotopic (exact) mass is 333 g/mol. The van der Waals surface area contributed by atoms with Crippen molar-refractivity contribution in [2.75, 3.05) is 6.54 Å². The molecule has 0 unspecified atom stereocenters. The van der Waals surface area contributed by atoms with Gasteiger partial charge in [0, 0.05) is 23.9 Å². The van der Waals surface area contributed by atoms with E-state index in [1.54, 1.807) is 11.3 Å². The van der Waals surface area contributed by atoms with Crippen molar-refractivity contribution in [1.29, 1.82) is 0 Å². The molecule has 2 amide bonds. The van der Waals surface area contributed by atoms with Gasteiger partial charge >= 0.3 is 6.03 Å². The maximum atomic E-state index is 12.2. The van der Waals surface area contributed by atoms with Crippen molar-refractivity contribution in [2.45, 2.75) is 58.4 Å². The number of hydrogen-bond donors (Lipinski definition) is 2. The lowest BCUT2D eigenvalue weighted by atomic mass is 9.79. The number of carbonyl (C=O) groups excluding carboxylic acids is 1. The summed E-state index contributed by atoms with van der Waals surface area (Å²) in [5.74, 6) is 3.53. The SMILES string of the molecule is Cc1nc(C)c(CCNC(=O)N[C@@H]2C[C@H]3C[C@H]2[C@H]2CCC[C@H]32)s1. The molecule has 5 heteroatoms. The Balaban J connectivity index is 1.24. The molecule has 126 valence electrons. The highest BCUT2D eigenvalue weighted by atomic mass is 32.1. The van der Waals surface area contributed by atoms with Gasteiger partial charge in [0.1, 0.15) is 0 Å². The van der Waals surface area contributed by atoms with Crippen LogP contribution >= 0.6 is 11.3 Å². The van der Waals surface area contributed by atoms with Crippen molar-refractivity contribution >= 4 is 17.4 Å². The molecule has 3 fully saturated rings. The van der Waals surface area contributed by atoms with E-state index in [-0.39, 0.29) is 6.03 Å². The standard InChI is InChI=1S/C18H27N3OS/c1-10-17(23-11(2)20-10)6-7-19-18(22)21-16-9-12-8-15(16)14-5-3-4-13(12)14/h12-16H,3-9H2,1-2H3,(H2,19,21,22)/t12-,13-,14+,15+,16-/m1/s1. The van der Waals surface area contributed by atoms with Gasteiger partial charge in [0.25, 0.3) is 0 Å². The fourth-order valence-corrected chi connectivity index (χ4v) is 6.49. The number of rotatable bonds is 4. The molecular formula is C18H27N3OS. The molecule has 0 aliphatic heterocycles. The zero-order valence-corrected chi connectivity index (χ0v) is 14.9. The third-order valence-corrected chi connectivity index (χ3v) is 7.52. The van der Waals surface area contributed by atoms with Crippen LogP contribution in [0.2, 0.25) is 0 Å². The summed E-state index contributed by atoms with van der Waals surface area (Å²) in [7, 11) is 0. The molecule has 3 aliphatic carbocycles. The second-order valence-electron chi connectivity index (χ2n) is 7.65. The van der Waals surface area contributed by atoms with Crippen LogP contribution in [0.5, 0.6) is 0 Å². The van der Waals surface area contributed by atoms with Crippen molar-refractivity contribution in [3.05, 3.63) is 15.6 Å². The first-order chi connectivity index (χ1) is 11.1. The van der Waals surface area contributed by atoms with Crippen molar-refractivity contribution < 1.29 is 4.79 Å². The van der Waals surface area contributed by atoms with Gasteiger partial charge in [-0.3, -0.25) is 0 Å². The Morgan fingerprint density at radius 3 is 2.83 bits per heavy atom. The van der Waals surface area contributed by atoms with Gasteiger partial charge in [0.2, 0.25) is 0 Å². The van der Waals surface area contributed by atoms with Crippen LogP contribution in [0, 0.1) is 37.5 Å². The van der Waals surface area contributed by atoms with Crippen LogP contribution < -0.4 is 10.6 Å². The topological polar surface area (TPSA) is 54.0 Å². The zero-order valence-electron chi connectivity index (χ0n) is 14.1. The highest BCUT2D eigenvalue weighted by Crippen LogP contribution is 2.58. The van der Waals surface area contributed by atoms with E-state index in [1.807, 2.05) is 13.8 Å². The molecule has 0 spiro atoms. The van der Waals surface area contributed by atoms with Crippen LogP contribution in [0.3, 0.4) is 0 Å². The first-order valence-corrected chi connectivity index (χ1v) is 9.90. The summed E-state index contributed by atoms with van der Waals surface area (Å²) in [4.78, 5) is 17.9. The summed E-state index contributed by atoms with van der Waals surface area (Å²) in [5, 5.41) is 7.42. The Morgan fingerprint density at radius 1 is 1.22 bits per heavy atom. The average molecular weight is 334 g/mol. The molecule has 1 heterocycles. The quantitative estimate of drug-likeness (QED) is 0.887. The fourth-order valence-electron chi connectivity index (χ4n) is 5.55. The van der Waals surface area contributed by atoms with Crippen molar-refractivity contribution in [2.24, 2.45) is 23.7 Å². The highest BCUT2D eigenvalue weighted by Gasteiger charge is 2.53. The Labute approximate surface area is 142 Å². The van der Waals surface area contributed by atoms with Crippen molar-refractivity contribution in [1.82, 2.24) is 15.6 Å². The molecule has 1 aromatic rings. The minimum atomic E-state index is 0.0241. The van der Waals surface area contributed by atoms with E-state index in [2.05, 4.69) is 15.6 Å². The predicted molar refractivity (Wildman–Crippen MR) is 92.7 cm³/mol. The number of aryl methyl sites for hydroxylation is 2. The summed E-state index contributed by atoms with van der Waals surface area (Å²) in [6, 6.07) is 0.447. The average Bonchev–Trinajstić information content (AvgIpc) is 3.21. The largest absolute Gasteiger partial charge is 0.338 e. The molecule has 0 radical (unpaired) electrons. The molecule has 2 N–H and O–H groups in total. The maximum absolute atomic E-state index is 12.2. The van der Waals surface area contributed by atoms with Gasteiger partial charge in [-0.05, 0) is 63.2 Å². The van der Waals surface area contributed by atoms with Crippen LogP contribution in [0.1, 0.15) is 47.7 Å². The first-order valence-electron chi connectivity index (χ1n) is 9.09. The summed E-state index contributed by atoms with van der Waals surface area (Å²) >= 11 is 1.74. The van der Waals surface area contributed by atoms with E-state index in [9.17, 15) is 4.79 Å². The van der Waals surface area contributed by atoms with Gasteiger partial charge in [-0.1, -0.05) is 6.42 Å². The van der Waals surface area contributed by atoms with Gasteiger partial charge < -0.3 is 10.6 Å². The third-order valence-electron chi connectivity index (χ3n) is 6.38. The molecule has 23 heavy (non-hydrogen) atoms. The predicted octanol–water partition coefficient (Wildman–Crippen LogP) is 3.43. The molecule has 2 bridgehead atoms. The van der Waals surface area contributed by atoms with E-state index in [0.717, 1.165) is 40.8 Å². The number of hydrogen-bond acceptors (Lipinski definition) is 3. The molecule has 4 rings (SSSR count). The molecule has 1 aromatic heterocycles. The fraction of sp³-hybridized carbons (Fsp3) is 0.778. The van der Waals surface area contributed by atoms with Gasteiger partial charge in [-0.15, -0.1) is 11.3 Å². The van der Waals surface area contributed by atoms with Crippen molar-refractivity contribution in [3.8, 4) is 0 Å². The molecule has 4 nitrogen and oxygen atoms in total. The summed E-state index contributed by atoms with van der Waals surface area (Å²) in [5.41, 5.74) is 1.11. The van der Waals surface area contributed by atoms with Crippen LogP contribution in [0.4, 0.5) is 4.79 Å². The van der Waals surface area contributed by atoms with E-state index in [0.29, 0.717) is 12.6 Å². The van der Waals surface area contributed by atoms with Crippen LogP contribution in [0.15, 0.2) is 0 Å². The Kier molecular flexibility index (Phi) is 4.08. The lowest BCUT2D eigenvalue weighted by molar-refractivity contribution is 0.198. The Bertz CT molecular complexity index is 599. The Hall–Kier alpha value is -1.10. The van der Waals surface area contributed by atoms with Gasteiger partial charge in [0.05, 0.1) is 10.7 Å². The highest BCUT2D eigenvalue weighted by molar-refractivity contribution is 7.11. The number of urea groups is 1. The van der Waals surface area contributed by atoms with Gasteiger partial charge in [0.15, 0.2) is 0 Å². The zero-order chi connectivity index (χ0) is 16.0. The maximum Gasteiger partial charge on any atom is 0.315 e. The van der Waals surface area contributed by atoms with Gasteiger partial charge in [-0.2, -0.15) is 0 Å². The molecule has 3 saturated carbocycles. The molecule has 0 saturated heterocycles. The van der Waals surface area contributed by atoms with E-state index in [4.69, 9.17) is 0 Å².